The van der Waals surface area contributed by atoms with Crippen molar-refractivity contribution < 1.29 is 14.3 Å². The molecule has 2 aromatic carbocycles. The van der Waals surface area contributed by atoms with Gasteiger partial charge in [-0.05, 0) is 60.7 Å². The summed E-state index contributed by atoms with van der Waals surface area (Å²) in [7, 11) is 3.33. The zero-order chi connectivity index (χ0) is 20.8. The average molecular weight is 397 g/mol. The number of rotatable bonds is 8. The van der Waals surface area contributed by atoms with Crippen molar-refractivity contribution in [1.29, 1.82) is 0 Å². The first-order chi connectivity index (χ1) is 14.0. The molecule has 0 aromatic heterocycles. The topological polar surface area (TPSA) is 50.8 Å². The van der Waals surface area contributed by atoms with Crippen molar-refractivity contribution in [1.82, 2.24) is 10.2 Å². The molecule has 0 bridgehead atoms. The Morgan fingerprint density at radius 3 is 2.17 bits per heavy atom. The molecule has 5 heteroatoms. The van der Waals surface area contributed by atoms with Crippen LogP contribution in [-0.2, 0) is 4.79 Å². The lowest BCUT2D eigenvalue weighted by Crippen LogP contribution is -2.40. The summed E-state index contributed by atoms with van der Waals surface area (Å²) in [4.78, 5) is 15.2. The molecule has 0 radical (unpaired) electrons. The van der Waals surface area contributed by atoms with E-state index in [1.54, 1.807) is 14.2 Å². The largest absolute Gasteiger partial charge is 0.497 e. The Bertz CT molecular complexity index is 787. The Morgan fingerprint density at radius 1 is 1.03 bits per heavy atom. The van der Waals surface area contributed by atoms with Crippen molar-refractivity contribution >= 4 is 5.91 Å². The molecule has 156 valence electrons. The summed E-state index contributed by atoms with van der Waals surface area (Å²) >= 11 is 0. The maximum absolute atomic E-state index is 12.9. The van der Waals surface area contributed by atoms with Gasteiger partial charge in [-0.1, -0.05) is 38.1 Å². The molecule has 1 amide bonds. The maximum Gasteiger partial charge on any atom is 0.234 e. The highest BCUT2D eigenvalue weighted by Gasteiger charge is 2.28. The first kappa shape index (κ1) is 21.2. The third-order valence-corrected chi connectivity index (χ3v) is 5.67. The Labute approximate surface area is 174 Å². The summed E-state index contributed by atoms with van der Waals surface area (Å²) in [5, 5.41) is 3.25. The molecule has 1 saturated heterocycles. The molecular formula is C24H32N2O3. The van der Waals surface area contributed by atoms with Crippen molar-refractivity contribution in [3.8, 4) is 11.5 Å². The number of nitrogens with one attached hydrogen (secondary N) is 1. The van der Waals surface area contributed by atoms with E-state index in [9.17, 15) is 4.79 Å². The standard InChI is InChI=1S/C24H32N2O3/c1-17(2)24(19-9-13-21(29-4)14-10-19)25-23(27)16-26-15-5-6-22(26)18-7-11-20(28-3)12-8-18/h7-14,17,22,24H,5-6,15-16H2,1-4H3,(H,25,27). The molecule has 29 heavy (non-hydrogen) atoms. The van der Waals surface area contributed by atoms with E-state index >= 15 is 0 Å². The van der Waals surface area contributed by atoms with Crippen molar-refractivity contribution in [2.24, 2.45) is 5.92 Å². The Morgan fingerprint density at radius 2 is 1.62 bits per heavy atom. The smallest absolute Gasteiger partial charge is 0.234 e. The van der Waals surface area contributed by atoms with Gasteiger partial charge < -0.3 is 14.8 Å². The van der Waals surface area contributed by atoms with E-state index in [0.717, 1.165) is 36.4 Å². The zero-order valence-electron chi connectivity index (χ0n) is 17.9. The van der Waals surface area contributed by atoms with Crippen LogP contribution in [0.2, 0.25) is 0 Å². The second-order valence-corrected chi connectivity index (χ2v) is 7.96. The van der Waals surface area contributed by atoms with E-state index in [1.807, 2.05) is 36.4 Å². The number of ether oxygens (including phenoxy) is 2. The van der Waals surface area contributed by atoms with Gasteiger partial charge in [-0.2, -0.15) is 0 Å². The van der Waals surface area contributed by atoms with Gasteiger partial charge in [-0.3, -0.25) is 9.69 Å². The molecule has 1 N–H and O–H groups in total. The maximum atomic E-state index is 12.9. The minimum atomic E-state index is -0.0181. The highest BCUT2D eigenvalue weighted by atomic mass is 16.5. The van der Waals surface area contributed by atoms with Crippen LogP contribution in [0.3, 0.4) is 0 Å². The molecule has 3 rings (SSSR count). The number of methoxy groups -OCH3 is 2. The molecule has 1 aliphatic rings. The van der Waals surface area contributed by atoms with Gasteiger partial charge in [-0.25, -0.2) is 0 Å². The lowest BCUT2D eigenvalue weighted by molar-refractivity contribution is -0.123. The highest BCUT2D eigenvalue weighted by molar-refractivity contribution is 5.78. The minimum Gasteiger partial charge on any atom is -0.497 e. The van der Waals surface area contributed by atoms with Crippen LogP contribution < -0.4 is 14.8 Å². The molecule has 1 aliphatic heterocycles. The first-order valence-corrected chi connectivity index (χ1v) is 10.3. The van der Waals surface area contributed by atoms with Crippen molar-refractivity contribution in [2.75, 3.05) is 27.3 Å². The molecule has 2 atom stereocenters. The molecule has 2 unspecified atom stereocenters. The normalized spacial score (nSPS) is 17.9. The quantitative estimate of drug-likeness (QED) is 0.721. The van der Waals surface area contributed by atoms with Crippen LogP contribution in [0.25, 0.3) is 0 Å². The number of hydrogen-bond donors (Lipinski definition) is 1. The number of hydrogen-bond acceptors (Lipinski definition) is 4. The summed E-state index contributed by atoms with van der Waals surface area (Å²) in [5.74, 6) is 2.04. The summed E-state index contributed by atoms with van der Waals surface area (Å²) in [6.07, 6.45) is 2.18. The Kier molecular flexibility index (Phi) is 7.15. The molecule has 0 saturated carbocycles. The van der Waals surface area contributed by atoms with E-state index in [4.69, 9.17) is 9.47 Å². The third-order valence-electron chi connectivity index (χ3n) is 5.67. The van der Waals surface area contributed by atoms with Gasteiger partial charge in [-0.15, -0.1) is 0 Å². The summed E-state index contributed by atoms with van der Waals surface area (Å²) in [5.41, 5.74) is 2.34. The molecular weight excluding hydrogens is 364 g/mol. The van der Waals surface area contributed by atoms with Gasteiger partial charge in [0.25, 0.3) is 0 Å². The van der Waals surface area contributed by atoms with Crippen LogP contribution in [0.1, 0.15) is 49.9 Å². The fraction of sp³-hybridized carbons (Fsp3) is 0.458. The van der Waals surface area contributed by atoms with E-state index in [2.05, 4.69) is 36.2 Å². The number of carbonyl (C=O) groups excluding carboxylic acids is 1. The van der Waals surface area contributed by atoms with E-state index < -0.39 is 0 Å². The zero-order valence-corrected chi connectivity index (χ0v) is 17.9. The Hall–Kier alpha value is -2.53. The molecule has 5 nitrogen and oxygen atoms in total. The minimum absolute atomic E-state index is 0.0181. The summed E-state index contributed by atoms with van der Waals surface area (Å²) < 4.78 is 10.5. The summed E-state index contributed by atoms with van der Waals surface area (Å²) in [6, 6.07) is 16.4. The molecule has 2 aromatic rings. The first-order valence-electron chi connectivity index (χ1n) is 10.3. The fourth-order valence-corrected chi connectivity index (χ4v) is 4.07. The van der Waals surface area contributed by atoms with Crippen LogP contribution in [0, 0.1) is 5.92 Å². The Balaban J connectivity index is 1.65. The highest BCUT2D eigenvalue weighted by Crippen LogP contribution is 2.32. The van der Waals surface area contributed by atoms with Crippen molar-refractivity contribution in [3.63, 3.8) is 0 Å². The van der Waals surface area contributed by atoms with Gasteiger partial charge in [0, 0.05) is 6.04 Å². The van der Waals surface area contributed by atoms with Gasteiger partial charge >= 0.3 is 0 Å². The van der Waals surface area contributed by atoms with Gasteiger partial charge in [0.2, 0.25) is 5.91 Å². The van der Waals surface area contributed by atoms with Crippen LogP contribution >= 0.6 is 0 Å². The van der Waals surface area contributed by atoms with Crippen LogP contribution in [-0.4, -0.2) is 38.1 Å². The number of nitrogens with zero attached hydrogens (tertiary/aromatic N) is 1. The number of benzene rings is 2. The van der Waals surface area contributed by atoms with Crippen molar-refractivity contribution in [2.45, 2.75) is 38.8 Å². The van der Waals surface area contributed by atoms with Crippen LogP contribution in [0.15, 0.2) is 48.5 Å². The summed E-state index contributed by atoms with van der Waals surface area (Å²) in [6.45, 7) is 5.62. The number of carbonyl (C=O) groups is 1. The molecule has 1 heterocycles. The van der Waals surface area contributed by atoms with Crippen LogP contribution in [0.5, 0.6) is 11.5 Å². The van der Waals surface area contributed by atoms with Gasteiger partial charge in [0.05, 0.1) is 26.8 Å². The second-order valence-electron chi connectivity index (χ2n) is 7.96. The van der Waals surface area contributed by atoms with Gasteiger partial charge in [0.1, 0.15) is 11.5 Å². The predicted octanol–water partition coefficient (Wildman–Crippen LogP) is 4.35. The van der Waals surface area contributed by atoms with Crippen LogP contribution in [0.4, 0.5) is 0 Å². The van der Waals surface area contributed by atoms with Crippen molar-refractivity contribution in [3.05, 3.63) is 59.7 Å². The van der Waals surface area contributed by atoms with E-state index in [-0.39, 0.29) is 18.0 Å². The molecule has 0 spiro atoms. The number of amides is 1. The SMILES string of the molecule is COc1ccc(C(NC(=O)CN2CCCC2c2ccc(OC)cc2)C(C)C)cc1. The second kappa shape index (κ2) is 9.79. The monoisotopic (exact) mass is 396 g/mol. The van der Waals surface area contributed by atoms with E-state index in [1.165, 1.54) is 5.56 Å². The van der Waals surface area contributed by atoms with E-state index in [0.29, 0.717) is 12.5 Å². The lowest BCUT2D eigenvalue weighted by Gasteiger charge is -2.27. The fourth-order valence-electron chi connectivity index (χ4n) is 4.07. The molecule has 0 aliphatic carbocycles. The number of likely N-dealkylation sites (tertiary alicyclic amines) is 1. The molecule has 1 fully saturated rings. The predicted molar refractivity (Wildman–Crippen MR) is 115 cm³/mol. The lowest BCUT2D eigenvalue weighted by atomic mass is 9.96. The third kappa shape index (κ3) is 5.30. The van der Waals surface area contributed by atoms with Gasteiger partial charge in [0.15, 0.2) is 0 Å². The average Bonchev–Trinajstić information content (AvgIpc) is 3.20.